The summed E-state index contributed by atoms with van der Waals surface area (Å²) >= 11 is 0. The number of halogens is 2. The molecule has 0 aromatic heterocycles. The van der Waals surface area contributed by atoms with Crippen molar-refractivity contribution in [1.29, 1.82) is 5.26 Å². The van der Waals surface area contributed by atoms with E-state index >= 15 is 0 Å². The number of carbonyl (C=O) groups is 1. The normalized spacial score (nSPS) is 28.9. The Morgan fingerprint density at radius 2 is 2.00 bits per heavy atom. The number of ether oxygens (including phenoxy) is 1. The molecule has 0 radical (unpaired) electrons. The van der Waals surface area contributed by atoms with E-state index in [0.717, 1.165) is 6.07 Å². The Bertz CT molecular complexity index is 735. The van der Waals surface area contributed by atoms with E-state index in [1.807, 2.05) is 0 Å². The molecule has 1 heterocycles. The lowest BCUT2D eigenvalue weighted by atomic mass is 9.93. The average Bonchev–Trinajstić information content (AvgIpc) is 3.10. The van der Waals surface area contributed by atoms with Crippen LogP contribution in [0.5, 0.6) is 0 Å². The molecule has 2 aliphatic rings. The SMILES string of the molecule is CC(C)(C)OC(=O)N1C[C@@]2(c3cc(F)cc(F)c3)C[C@@H]2[C@H]1[C@H](O)C#N. The molecular weight excluding hydrogens is 330 g/mol. The predicted octanol–water partition coefficient (Wildman–Crippen LogP) is 2.73. The van der Waals surface area contributed by atoms with Crippen molar-refractivity contribution in [2.45, 2.75) is 50.4 Å². The molecule has 134 valence electrons. The zero-order chi connectivity index (χ0) is 18.6. The van der Waals surface area contributed by atoms with Crippen LogP contribution in [0.25, 0.3) is 0 Å². The Kier molecular flexibility index (Phi) is 3.99. The highest BCUT2D eigenvalue weighted by atomic mass is 19.1. The minimum absolute atomic E-state index is 0.152. The van der Waals surface area contributed by atoms with Gasteiger partial charge in [0.05, 0.1) is 12.1 Å². The van der Waals surface area contributed by atoms with E-state index in [4.69, 9.17) is 10.00 Å². The summed E-state index contributed by atoms with van der Waals surface area (Å²) in [6, 6.07) is 4.29. The zero-order valence-corrected chi connectivity index (χ0v) is 14.3. The maximum Gasteiger partial charge on any atom is 0.410 e. The number of likely N-dealkylation sites (tertiary alicyclic amines) is 1. The smallest absolute Gasteiger partial charge is 0.410 e. The van der Waals surface area contributed by atoms with E-state index < -0.39 is 40.9 Å². The molecule has 3 rings (SSSR count). The number of nitrogens with zero attached hydrogens (tertiary/aromatic N) is 2. The zero-order valence-electron chi connectivity index (χ0n) is 14.3. The van der Waals surface area contributed by atoms with Gasteiger partial charge in [-0.2, -0.15) is 5.26 Å². The quantitative estimate of drug-likeness (QED) is 0.833. The first-order valence-electron chi connectivity index (χ1n) is 8.11. The molecule has 7 heteroatoms. The molecule has 4 atom stereocenters. The number of hydrogen-bond donors (Lipinski definition) is 1. The Morgan fingerprint density at radius 1 is 1.40 bits per heavy atom. The number of hydrogen-bond acceptors (Lipinski definition) is 4. The number of amides is 1. The van der Waals surface area contributed by atoms with Crippen LogP contribution < -0.4 is 0 Å². The monoisotopic (exact) mass is 350 g/mol. The summed E-state index contributed by atoms with van der Waals surface area (Å²) in [6.07, 6.45) is -1.48. The second-order valence-electron chi connectivity index (χ2n) is 7.80. The summed E-state index contributed by atoms with van der Waals surface area (Å²) in [5, 5.41) is 19.2. The van der Waals surface area contributed by atoms with Crippen LogP contribution in [0, 0.1) is 28.9 Å². The lowest BCUT2D eigenvalue weighted by Gasteiger charge is -2.31. The molecule has 1 N–H and O–H groups in total. The summed E-state index contributed by atoms with van der Waals surface area (Å²) in [4.78, 5) is 13.8. The third kappa shape index (κ3) is 3.07. The summed E-state index contributed by atoms with van der Waals surface area (Å²) in [6.45, 7) is 5.30. The van der Waals surface area contributed by atoms with E-state index in [1.165, 1.54) is 17.0 Å². The number of nitriles is 1. The molecule has 1 aromatic rings. The van der Waals surface area contributed by atoms with Crippen LogP contribution in [0.1, 0.15) is 32.8 Å². The first-order chi connectivity index (χ1) is 11.6. The van der Waals surface area contributed by atoms with Gasteiger partial charge in [-0.05, 0) is 50.8 Å². The topological polar surface area (TPSA) is 73.6 Å². The van der Waals surface area contributed by atoms with Gasteiger partial charge in [0.2, 0.25) is 0 Å². The Labute approximate surface area is 144 Å². The van der Waals surface area contributed by atoms with Gasteiger partial charge < -0.3 is 14.7 Å². The minimum Gasteiger partial charge on any atom is -0.444 e. The molecule has 1 aromatic carbocycles. The van der Waals surface area contributed by atoms with Gasteiger partial charge in [0.25, 0.3) is 0 Å². The Balaban J connectivity index is 1.93. The number of aliphatic hydroxyl groups is 1. The van der Waals surface area contributed by atoms with Crippen molar-refractivity contribution >= 4 is 6.09 Å². The number of benzene rings is 1. The molecule has 0 spiro atoms. The third-order valence-electron chi connectivity index (χ3n) is 4.88. The molecule has 1 saturated carbocycles. The fourth-order valence-corrected chi connectivity index (χ4v) is 3.83. The molecule has 0 bridgehead atoms. The first kappa shape index (κ1) is 17.6. The van der Waals surface area contributed by atoms with Gasteiger partial charge in [0, 0.05) is 18.0 Å². The summed E-state index contributed by atoms with van der Waals surface area (Å²) in [5.74, 6) is -1.62. The number of carbonyl (C=O) groups excluding carboxylic acids is 1. The standard InChI is InChI=1S/C18H20F2N2O3/c1-17(2,3)25-16(24)22-9-18(7-13(18)15(22)14(23)8-21)10-4-11(19)6-12(20)5-10/h4-6,13-15,23H,7,9H2,1-3H3/t13-,14-,15+,18-/m1/s1. The number of piperidine rings is 1. The largest absolute Gasteiger partial charge is 0.444 e. The van der Waals surface area contributed by atoms with Crippen LogP contribution in [0.4, 0.5) is 13.6 Å². The molecule has 5 nitrogen and oxygen atoms in total. The van der Waals surface area contributed by atoms with Crippen molar-refractivity contribution < 1.29 is 23.4 Å². The van der Waals surface area contributed by atoms with E-state index in [2.05, 4.69) is 0 Å². The average molecular weight is 350 g/mol. The van der Waals surface area contributed by atoms with Crippen LogP contribution in [0.15, 0.2) is 18.2 Å². The van der Waals surface area contributed by atoms with Gasteiger partial charge in [-0.25, -0.2) is 13.6 Å². The van der Waals surface area contributed by atoms with Crippen LogP contribution in [0.2, 0.25) is 0 Å². The highest BCUT2D eigenvalue weighted by molar-refractivity contribution is 5.71. The van der Waals surface area contributed by atoms with Gasteiger partial charge in [-0.15, -0.1) is 0 Å². The maximum absolute atomic E-state index is 13.6. The molecule has 1 aliphatic heterocycles. The van der Waals surface area contributed by atoms with Gasteiger partial charge in [0.15, 0.2) is 6.10 Å². The first-order valence-corrected chi connectivity index (χ1v) is 8.11. The van der Waals surface area contributed by atoms with E-state index in [0.29, 0.717) is 12.0 Å². The van der Waals surface area contributed by atoms with Crippen LogP contribution in [0.3, 0.4) is 0 Å². The fourth-order valence-electron chi connectivity index (χ4n) is 3.83. The summed E-state index contributed by atoms with van der Waals surface area (Å²) in [5.41, 5.74) is -0.942. The summed E-state index contributed by atoms with van der Waals surface area (Å²) in [7, 11) is 0. The molecule has 0 unspecified atom stereocenters. The Morgan fingerprint density at radius 3 is 2.52 bits per heavy atom. The second-order valence-corrected chi connectivity index (χ2v) is 7.80. The number of aliphatic hydroxyl groups excluding tert-OH is 1. The van der Waals surface area contributed by atoms with Gasteiger partial charge in [0.1, 0.15) is 17.2 Å². The molecule has 2 fully saturated rings. The third-order valence-corrected chi connectivity index (χ3v) is 4.88. The van der Waals surface area contributed by atoms with Gasteiger partial charge >= 0.3 is 6.09 Å². The number of rotatable bonds is 2. The van der Waals surface area contributed by atoms with Gasteiger partial charge in [-0.1, -0.05) is 0 Å². The summed E-state index contributed by atoms with van der Waals surface area (Å²) < 4.78 is 32.6. The molecule has 25 heavy (non-hydrogen) atoms. The van der Waals surface area contributed by atoms with Crippen molar-refractivity contribution in [2.24, 2.45) is 5.92 Å². The van der Waals surface area contributed by atoms with Crippen LogP contribution in [-0.4, -0.2) is 40.4 Å². The predicted molar refractivity (Wildman–Crippen MR) is 84.5 cm³/mol. The highest BCUT2D eigenvalue weighted by Gasteiger charge is 2.68. The second kappa shape index (κ2) is 5.67. The van der Waals surface area contributed by atoms with E-state index in [1.54, 1.807) is 26.8 Å². The van der Waals surface area contributed by atoms with Crippen molar-refractivity contribution in [3.05, 3.63) is 35.4 Å². The lowest BCUT2D eigenvalue weighted by Crippen LogP contribution is -2.47. The molecule has 1 amide bonds. The highest BCUT2D eigenvalue weighted by Crippen LogP contribution is 2.62. The number of fused-ring (bicyclic) bond motifs is 1. The van der Waals surface area contributed by atoms with Crippen LogP contribution >= 0.6 is 0 Å². The van der Waals surface area contributed by atoms with Crippen molar-refractivity contribution in [3.8, 4) is 6.07 Å². The molecular formula is C18H20F2N2O3. The van der Waals surface area contributed by atoms with Crippen molar-refractivity contribution in [3.63, 3.8) is 0 Å². The molecule has 1 aliphatic carbocycles. The van der Waals surface area contributed by atoms with E-state index in [9.17, 15) is 18.7 Å². The van der Waals surface area contributed by atoms with Crippen molar-refractivity contribution in [1.82, 2.24) is 4.90 Å². The fraction of sp³-hybridized carbons (Fsp3) is 0.556. The Hall–Kier alpha value is -2.20. The van der Waals surface area contributed by atoms with Crippen molar-refractivity contribution in [2.75, 3.05) is 6.54 Å². The lowest BCUT2D eigenvalue weighted by molar-refractivity contribution is 0.00669. The van der Waals surface area contributed by atoms with E-state index in [-0.39, 0.29) is 12.5 Å². The van der Waals surface area contributed by atoms with Crippen LogP contribution in [-0.2, 0) is 10.2 Å². The molecule has 1 saturated heterocycles. The maximum atomic E-state index is 13.6. The van der Waals surface area contributed by atoms with Gasteiger partial charge in [-0.3, -0.25) is 0 Å². The minimum atomic E-state index is -1.39.